The summed E-state index contributed by atoms with van der Waals surface area (Å²) in [6, 6.07) is 4.20. The molecule has 0 aromatic rings. The van der Waals surface area contributed by atoms with Crippen molar-refractivity contribution < 1.29 is 0 Å². The van der Waals surface area contributed by atoms with E-state index in [0.29, 0.717) is 18.1 Å². The van der Waals surface area contributed by atoms with Gasteiger partial charge in [0, 0.05) is 24.7 Å². The first-order chi connectivity index (χ1) is 7.52. The van der Waals surface area contributed by atoms with Crippen molar-refractivity contribution in [2.24, 2.45) is 11.1 Å². The molecule has 2 saturated heterocycles. The zero-order valence-electron chi connectivity index (χ0n) is 10.4. The van der Waals surface area contributed by atoms with Crippen molar-refractivity contribution in [1.29, 1.82) is 5.26 Å². The molecule has 2 aliphatic heterocycles. The summed E-state index contributed by atoms with van der Waals surface area (Å²) < 4.78 is 0. The minimum absolute atomic E-state index is 0.182. The third-order valence-electron chi connectivity index (χ3n) is 4.22. The van der Waals surface area contributed by atoms with Crippen LogP contribution in [0.3, 0.4) is 0 Å². The second kappa shape index (κ2) is 4.35. The summed E-state index contributed by atoms with van der Waals surface area (Å²) in [5, 5.41) is 9.02. The lowest BCUT2D eigenvalue weighted by atomic mass is 9.90. The standard InChI is InChI=1S/C13H23N3/c1-13(2,9-14)5-6-16-11-3-4-12(16)8-10(15)7-11/h10-12H,3-8,15H2,1-2H3. The Morgan fingerprint density at radius 2 is 1.88 bits per heavy atom. The highest BCUT2D eigenvalue weighted by molar-refractivity contribution is 4.98. The molecule has 2 bridgehead atoms. The van der Waals surface area contributed by atoms with Crippen molar-refractivity contribution >= 4 is 0 Å². The summed E-state index contributed by atoms with van der Waals surface area (Å²) in [6.45, 7) is 5.14. The monoisotopic (exact) mass is 221 g/mol. The van der Waals surface area contributed by atoms with Crippen LogP contribution < -0.4 is 5.73 Å². The number of nitriles is 1. The molecule has 0 aliphatic carbocycles. The first kappa shape index (κ1) is 11.9. The van der Waals surface area contributed by atoms with E-state index in [-0.39, 0.29) is 5.41 Å². The minimum atomic E-state index is -0.182. The van der Waals surface area contributed by atoms with Crippen molar-refractivity contribution in [3.8, 4) is 6.07 Å². The summed E-state index contributed by atoms with van der Waals surface area (Å²) in [5.74, 6) is 0. The number of fused-ring (bicyclic) bond motifs is 2. The molecule has 2 N–H and O–H groups in total. The third kappa shape index (κ3) is 2.39. The molecule has 2 fully saturated rings. The number of nitrogens with two attached hydrogens (primary N) is 1. The number of nitrogens with zero attached hydrogens (tertiary/aromatic N) is 2. The van der Waals surface area contributed by atoms with Crippen LogP contribution in [-0.2, 0) is 0 Å². The van der Waals surface area contributed by atoms with Gasteiger partial charge in [0.25, 0.3) is 0 Å². The molecule has 2 unspecified atom stereocenters. The lowest BCUT2D eigenvalue weighted by Crippen LogP contribution is -2.48. The highest BCUT2D eigenvalue weighted by Gasteiger charge is 2.39. The summed E-state index contributed by atoms with van der Waals surface area (Å²) in [6.07, 6.45) is 5.91. The highest BCUT2D eigenvalue weighted by Crippen LogP contribution is 2.36. The van der Waals surface area contributed by atoms with Gasteiger partial charge in [-0.25, -0.2) is 0 Å². The van der Waals surface area contributed by atoms with Gasteiger partial charge in [0.1, 0.15) is 0 Å². The Balaban J connectivity index is 1.90. The average molecular weight is 221 g/mol. The average Bonchev–Trinajstić information content (AvgIpc) is 2.47. The van der Waals surface area contributed by atoms with Gasteiger partial charge in [-0.05, 0) is 46.0 Å². The van der Waals surface area contributed by atoms with E-state index in [1.165, 1.54) is 12.8 Å². The van der Waals surface area contributed by atoms with Crippen LogP contribution in [0.25, 0.3) is 0 Å². The second-order valence-electron chi connectivity index (χ2n) is 6.10. The SMILES string of the molecule is CC(C)(C#N)CCN1C2CCC1CC(N)C2. The van der Waals surface area contributed by atoms with E-state index in [1.807, 2.05) is 13.8 Å². The van der Waals surface area contributed by atoms with Crippen molar-refractivity contribution in [1.82, 2.24) is 4.90 Å². The fourth-order valence-electron chi connectivity index (χ4n) is 3.15. The number of piperidine rings is 1. The van der Waals surface area contributed by atoms with E-state index < -0.39 is 0 Å². The van der Waals surface area contributed by atoms with Gasteiger partial charge in [-0.2, -0.15) is 5.26 Å². The normalized spacial score (nSPS) is 35.0. The van der Waals surface area contributed by atoms with E-state index in [4.69, 9.17) is 11.0 Å². The summed E-state index contributed by atoms with van der Waals surface area (Å²) in [5.41, 5.74) is 5.87. The molecule has 0 saturated carbocycles. The zero-order chi connectivity index (χ0) is 11.8. The van der Waals surface area contributed by atoms with Crippen LogP contribution in [0.4, 0.5) is 0 Å². The summed E-state index contributed by atoms with van der Waals surface area (Å²) >= 11 is 0. The molecule has 0 aromatic carbocycles. The molecular weight excluding hydrogens is 198 g/mol. The van der Waals surface area contributed by atoms with Crippen LogP contribution in [0.15, 0.2) is 0 Å². The fraction of sp³-hybridized carbons (Fsp3) is 0.923. The van der Waals surface area contributed by atoms with Crippen LogP contribution in [0.1, 0.15) is 46.0 Å². The Hall–Kier alpha value is -0.590. The van der Waals surface area contributed by atoms with Crippen molar-refractivity contribution in [2.75, 3.05) is 6.54 Å². The Bertz CT molecular complexity index is 278. The summed E-state index contributed by atoms with van der Waals surface area (Å²) in [7, 11) is 0. The lowest BCUT2D eigenvalue weighted by Gasteiger charge is -2.38. The topological polar surface area (TPSA) is 53.0 Å². The Morgan fingerprint density at radius 3 is 2.38 bits per heavy atom. The van der Waals surface area contributed by atoms with Crippen LogP contribution in [0.5, 0.6) is 0 Å². The first-order valence-corrected chi connectivity index (χ1v) is 6.44. The second-order valence-corrected chi connectivity index (χ2v) is 6.10. The molecule has 16 heavy (non-hydrogen) atoms. The van der Waals surface area contributed by atoms with Crippen molar-refractivity contribution in [3.05, 3.63) is 0 Å². The molecular formula is C13H23N3. The van der Waals surface area contributed by atoms with Crippen LogP contribution >= 0.6 is 0 Å². The predicted octanol–water partition coefficient (Wildman–Crippen LogP) is 1.88. The van der Waals surface area contributed by atoms with Crippen LogP contribution in [0.2, 0.25) is 0 Å². The minimum Gasteiger partial charge on any atom is -0.328 e. The third-order valence-corrected chi connectivity index (χ3v) is 4.22. The van der Waals surface area contributed by atoms with E-state index in [9.17, 15) is 0 Å². The fourth-order valence-corrected chi connectivity index (χ4v) is 3.15. The lowest BCUT2D eigenvalue weighted by molar-refractivity contribution is 0.116. The van der Waals surface area contributed by atoms with Gasteiger partial charge in [-0.15, -0.1) is 0 Å². The maximum Gasteiger partial charge on any atom is 0.0684 e. The molecule has 2 aliphatic rings. The van der Waals surface area contributed by atoms with Crippen LogP contribution in [0, 0.1) is 16.7 Å². The van der Waals surface area contributed by atoms with Gasteiger partial charge in [-0.3, -0.25) is 4.90 Å². The van der Waals surface area contributed by atoms with Gasteiger partial charge in [0.2, 0.25) is 0 Å². The summed E-state index contributed by atoms with van der Waals surface area (Å²) in [4.78, 5) is 2.61. The van der Waals surface area contributed by atoms with E-state index in [2.05, 4.69) is 11.0 Å². The molecule has 2 heterocycles. The van der Waals surface area contributed by atoms with Gasteiger partial charge >= 0.3 is 0 Å². The molecule has 0 aromatic heterocycles. The Labute approximate surface area is 98.6 Å². The molecule has 3 nitrogen and oxygen atoms in total. The smallest absolute Gasteiger partial charge is 0.0684 e. The Morgan fingerprint density at radius 1 is 1.31 bits per heavy atom. The van der Waals surface area contributed by atoms with Crippen molar-refractivity contribution in [2.45, 2.75) is 64.1 Å². The van der Waals surface area contributed by atoms with Gasteiger partial charge < -0.3 is 5.73 Å². The number of hydrogen-bond acceptors (Lipinski definition) is 3. The van der Waals surface area contributed by atoms with Gasteiger partial charge in [0.05, 0.1) is 11.5 Å². The largest absolute Gasteiger partial charge is 0.328 e. The molecule has 3 heteroatoms. The highest BCUT2D eigenvalue weighted by atomic mass is 15.2. The molecule has 90 valence electrons. The molecule has 2 atom stereocenters. The van der Waals surface area contributed by atoms with E-state index in [1.54, 1.807) is 0 Å². The van der Waals surface area contributed by atoms with E-state index in [0.717, 1.165) is 25.8 Å². The quantitative estimate of drug-likeness (QED) is 0.791. The predicted molar refractivity (Wildman–Crippen MR) is 64.7 cm³/mol. The maximum atomic E-state index is 9.02. The number of rotatable bonds is 3. The molecule has 2 rings (SSSR count). The molecule has 0 amide bonds. The van der Waals surface area contributed by atoms with Crippen LogP contribution in [-0.4, -0.2) is 29.6 Å². The van der Waals surface area contributed by atoms with E-state index >= 15 is 0 Å². The zero-order valence-corrected chi connectivity index (χ0v) is 10.4. The Kier molecular flexibility index (Phi) is 3.23. The maximum absolute atomic E-state index is 9.02. The first-order valence-electron chi connectivity index (χ1n) is 6.44. The van der Waals surface area contributed by atoms with Crippen molar-refractivity contribution in [3.63, 3.8) is 0 Å². The van der Waals surface area contributed by atoms with Gasteiger partial charge in [-0.1, -0.05) is 0 Å². The number of hydrogen-bond donors (Lipinski definition) is 1. The molecule has 0 radical (unpaired) electrons. The van der Waals surface area contributed by atoms with Gasteiger partial charge in [0.15, 0.2) is 0 Å². The molecule has 0 spiro atoms.